The van der Waals surface area contributed by atoms with E-state index in [1.165, 1.54) is 50.0 Å². The van der Waals surface area contributed by atoms with Crippen molar-refractivity contribution in [1.29, 1.82) is 0 Å². The molecule has 1 aliphatic carbocycles. The van der Waals surface area contributed by atoms with Crippen LogP contribution in [0, 0.1) is 0 Å². The fraction of sp³-hybridized carbons (Fsp3) is 0.667. The smallest absolute Gasteiger partial charge is 0.0557 e. The average Bonchev–Trinajstić information content (AvgIpc) is 3.10. The molecular weight excluding hydrogens is 208 g/mol. The van der Waals surface area contributed by atoms with E-state index in [2.05, 4.69) is 42.1 Å². The molecule has 0 aromatic carbocycles. The summed E-state index contributed by atoms with van der Waals surface area (Å²) < 4.78 is 0. The fourth-order valence-electron chi connectivity index (χ4n) is 3.06. The number of anilines is 1. The molecule has 0 bridgehead atoms. The lowest BCUT2D eigenvalue weighted by Crippen LogP contribution is -2.41. The maximum atomic E-state index is 4.61. The lowest BCUT2D eigenvalue weighted by molar-refractivity contribution is 0.445. The highest BCUT2D eigenvalue weighted by atomic mass is 15.2. The van der Waals surface area contributed by atoms with Gasteiger partial charge < -0.3 is 4.90 Å². The third-order valence-corrected chi connectivity index (χ3v) is 4.35. The van der Waals surface area contributed by atoms with Gasteiger partial charge in [-0.05, 0) is 50.2 Å². The number of hydrogen-bond donors (Lipinski definition) is 0. The van der Waals surface area contributed by atoms with E-state index in [0.29, 0.717) is 11.5 Å². The van der Waals surface area contributed by atoms with E-state index in [-0.39, 0.29) is 0 Å². The Hall–Kier alpha value is -1.05. The molecule has 1 aliphatic heterocycles. The maximum Gasteiger partial charge on any atom is 0.0557 e. The summed E-state index contributed by atoms with van der Waals surface area (Å²) in [7, 11) is 0. The number of pyridine rings is 1. The molecule has 0 radical (unpaired) electrons. The molecule has 1 aromatic heterocycles. The zero-order valence-electron chi connectivity index (χ0n) is 10.9. The first-order valence-corrected chi connectivity index (χ1v) is 6.95. The molecule has 2 fully saturated rings. The Morgan fingerprint density at radius 2 is 2.00 bits per heavy atom. The van der Waals surface area contributed by atoms with Gasteiger partial charge in [-0.25, -0.2) is 0 Å². The van der Waals surface area contributed by atoms with Gasteiger partial charge in [0.1, 0.15) is 0 Å². The van der Waals surface area contributed by atoms with Gasteiger partial charge in [0, 0.05) is 17.8 Å². The van der Waals surface area contributed by atoms with Crippen molar-refractivity contribution in [2.24, 2.45) is 0 Å². The molecule has 0 N–H and O–H groups in total. The van der Waals surface area contributed by atoms with E-state index in [9.17, 15) is 0 Å². The van der Waals surface area contributed by atoms with E-state index in [1.54, 1.807) is 0 Å². The zero-order chi connectivity index (χ0) is 11.9. The molecule has 0 amide bonds. The summed E-state index contributed by atoms with van der Waals surface area (Å²) in [6.07, 6.45) is 9.00. The summed E-state index contributed by atoms with van der Waals surface area (Å²) in [5.41, 5.74) is 3.07. The van der Waals surface area contributed by atoms with Gasteiger partial charge in [-0.1, -0.05) is 13.8 Å². The molecule has 0 atom stereocenters. The predicted octanol–water partition coefficient (Wildman–Crippen LogP) is 3.73. The van der Waals surface area contributed by atoms with Gasteiger partial charge in [0.2, 0.25) is 0 Å². The van der Waals surface area contributed by atoms with Crippen LogP contribution in [0.3, 0.4) is 0 Å². The van der Waals surface area contributed by atoms with Gasteiger partial charge in [-0.15, -0.1) is 0 Å². The average molecular weight is 230 g/mol. The standard InChI is InChI=1S/C15H22N2/c1-12(2)14-6-5-13(11-16-14)17-10-4-3-7-15(17)8-9-15/h5-6,11-12H,3-4,7-10H2,1-2H3. The van der Waals surface area contributed by atoms with Crippen LogP contribution in [0.1, 0.15) is 57.6 Å². The Morgan fingerprint density at radius 3 is 2.59 bits per heavy atom. The van der Waals surface area contributed by atoms with Crippen LogP contribution in [0.4, 0.5) is 5.69 Å². The van der Waals surface area contributed by atoms with Crippen molar-refractivity contribution in [2.45, 2.75) is 57.4 Å². The second kappa shape index (κ2) is 4.01. The summed E-state index contributed by atoms with van der Waals surface area (Å²) in [6.45, 7) is 5.62. The van der Waals surface area contributed by atoms with E-state index in [1.807, 2.05) is 0 Å². The zero-order valence-corrected chi connectivity index (χ0v) is 10.9. The fourth-order valence-corrected chi connectivity index (χ4v) is 3.06. The molecule has 1 saturated carbocycles. The molecule has 2 nitrogen and oxygen atoms in total. The molecule has 1 spiro atoms. The van der Waals surface area contributed by atoms with Crippen LogP contribution in [0.2, 0.25) is 0 Å². The van der Waals surface area contributed by atoms with Crippen molar-refractivity contribution in [1.82, 2.24) is 4.98 Å². The molecule has 2 aliphatic rings. The molecule has 3 rings (SSSR count). The predicted molar refractivity (Wildman–Crippen MR) is 71.5 cm³/mol. The molecule has 92 valence electrons. The first-order chi connectivity index (χ1) is 8.21. The van der Waals surface area contributed by atoms with E-state index < -0.39 is 0 Å². The molecule has 1 aromatic rings. The third-order valence-electron chi connectivity index (χ3n) is 4.35. The van der Waals surface area contributed by atoms with Gasteiger partial charge >= 0.3 is 0 Å². The van der Waals surface area contributed by atoms with E-state index >= 15 is 0 Å². The van der Waals surface area contributed by atoms with E-state index in [0.717, 1.165) is 0 Å². The SMILES string of the molecule is CC(C)c1ccc(N2CCCCC23CC3)cn1. The topological polar surface area (TPSA) is 16.1 Å². The van der Waals surface area contributed by atoms with Crippen LogP contribution >= 0.6 is 0 Å². The van der Waals surface area contributed by atoms with Crippen molar-refractivity contribution in [3.8, 4) is 0 Å². The number of rotatable bonds is 2. The van der Waals surface area contributed by atoms with Crippen LogP contribution in [-0.4, -0.2) is 17.1 Å². The van der Waals surface area contributed by atoms with Crippen molar-refractivity contribution in [3.05, 3.63) is 24.0 Å². The Morgan fingerprint density at radius 1 is 1.18 bits per heavy atom. The highest BCUT2D eigenvalue weighted by Gasteiger charge is 2.48. The second-order valence-electron chi connectivity index (χ2n) is 5.93. The van der Waals surface area contributed by atoms with Gasteiger partial charge in [0.05, 0.1) is 11.9 Å². The molecule has 17 heavy (non-hydrogen) atoms. The van der Waals surface area contributed by atoms with Crippen LogP contribution in [0.25, 0.3) is 0 Å². The number of aromatic nitrogens is 1. The highest BCUT2D eigenvalue weighted by Crippen LogP contribution is 2.49. The Labute approximate surface area is 104 Å². The minimum atomic E-state index is 0.527. The number of hydrogen-bond acceptors (Lipinski definition) is 2. The Balaban J connectivity index is 1.83. The van der Waals surface area contributed by atoms with Crippen LogP contribution in [0.5, 0.6) is 0 Å². The van der Waals surface area contributed by atoms with Gasteiger partial charge in [0.15, 0.2) is 0 Å². The van der Waals surface area contributed by atoms with Gasteiger partial charge in [-0.3, -0.25) is 4.98 Å². The van der Waals surface area contributed by atoms with Crippen LogP contribution in [0.15, 0.2) is 18.3 Å². The normalized spacial score (nSPS) is 22.2. The van der Waals surface area contributed by atoms with Crippen molar-refractivity contribution in [2.75, 3.05) is 11.4 Å². The summed E-state index contributed by atoms with van der Waals surface area (Å²) in [6, 6.07) is 4.47. The second-order valence-corrected chi connectivity index (χ2v) is 5.93. The summed E-state index contributed by atoms with van der Waals surface area (Å²) >= 11 is 0. The summed E-state index contributed by atoms with van der Waals surface area (Å²) in [4.78, 5) is 7.22. The van der Waals surface area contributed by atoms with Crippen molar-refractivity contribution < 1.29 is 0 Å². The highest BCUT2D eigenvalue weighted by molar-refractivity contribution is 5.50. The molecule has 2 heterocycles. The van der Waals surface area contributed by atoms with Crippen molar-refractivity contribution >= 4 is 5.69 Å². The van der Waals surface area contributed by atoms with Crippen molar-refractivity contribution in [3.63, 3.8) is 0 Å². The monoisotopic (exact) mass is 230 g/mol. The third kappa shape index (κ3) is 1.94. The minimum Gasteiger partial charge on any atom is -0.365 e. The molecular formula is C15H22N2. The largest absolute Gasteiger partial charge is 0.365 e. The molecule has 2 heteroatoms. The summed E-state index contributed by atoms with van der Waals surface area (Å²) in [5, 5.41) is 0. The van der Waals surface area contributed by atoms with Crippen LogP contribution < -0.4 is 4.90 Å². The minimum absolute atomic E-state index is 0.527. The number of piperidine rings is 1. The number of nitrogens with zero attached hydrogens (tertiary/aromatic N) is 2. The molecule has 1 saturated heterocycles. The van der Waals surface area contributed by atoms with Crippen LogP contribution in [-0.2, 0) is 0 Å². The first-order valence-electron chi connectivity index (χ1n) is 6.95. The Kier molecular flexibility index (Phi) is 2.61. The van der Waals surface area contributed by atoms with Gasteiger partial charge in [0.25, 0.3) is 0 Å². The van der Waals surface area contributed by atoms with Gasteiger partial charge in [-0.2, -0.15) is 0 Å². The first kappa shape index (κ1) is 11.1. The Bertz CT molecular complexity index is 390. The summed E-state index contributed by atoms with van der Waals surface area (Å²) in [5.74, 6) is 0.528. The lowest BCUT2D eigenvalue weighted by atomic mass is 9.99. The molecule has 0 unspecified atom stereocenters. The van der Waals surface area contributed by atoms with E-state index in [4.69, 9.17) is 0 Å². The maximum absolute atomic E-state index is 4.61. The lowest BCUT2D eigenvalue weighted by Gasteiger charge is -2.38. The quantitative estimate of drug-likeness (QED) is 0.769.